The Morgan fingerprint density at radius 2 is 1.84 bits per heavy atom. The van der Waals surface area contributed by atoms with Gasteiger partial charge in [-0.15, -0.1) is 0 Å². The van der Waals surface area contributed by atoms with E-state index in [0.29, 0.717) is 12.8 Å². The Bertz CT molecular complexity index is 307. The molecular weight excluding hydrogens is 246 g/mol. The molecule has 1 saturated carbocycles. The molecule has 2 N–H and O–H groups in total. The van der Waals surface area contributed by atoms with Crippen LogP contribution in [0, 0.1) is 0 Å². The summed E-state index contributed by atoms with van der Waals surface area (Å²) in [5, 5.41) is 11.8. The van der Waals surface area contributed by atoms with Crippen LogP contribution in [0.5, 0.6) is 0 Å². The van der Waals surface area contributed by atoms with Crippen LogP contribution in [-0.2, 0) is 14.3 Å². The van der Waals surface area contributed by atoms with Crippen molar-refractivity contribution in [1.29, 1.82) is 0 Å². The Kier molecular flexibility index (Phi) is 6.28. The molecule has 0 aromatic carbocycles. The first-order chi connectivity index (χ1) is 9.01. The predicted octanol–water partition coefficient (Wildman–Crippen LogP) is 2.10. The van der Waals surface area contributed by atoms with Gasteiger partial charge in [-0.1, -0.05) is 26.7 Å². The number of ether oxygens (including phenoxy) is 1. The molecule has 1 aliphatic rings. The lowest BCUT2D eigenvalue weighted by molar-refractivity contribution is -0.139. The fourth-order valence-electron chi connectivity index (χ4n) is 2.59. The van der Waals surface area contributed by atoms with E-state index in [9.17, 15) is 9.59 Å². The number of rotatable bonds is 8. The summed E-state index contributed by atoms with van der Waals surface area (Å²) in [7, 11) is 0. The number of carbonyl (C=O) groups is 2. The van der Waals surface area contributed by atoms with E-state index in [1.54, 1.807) is 0 Å². The lowest BCUT2D eigenvalue weighted by Crippen LogP contribution is -2.50. The summed E-state index contributed by atoms with van der Waals surface area (Å²) >= 11 is 0. The highest BCUT2D eigenvalue weighted by Gasteiger charge is 2.31. The Morgan fingerprint density at radius 3 is 2.32 bits per heavy atom. The average Bonchev–Trinajstić information content (AvgIpc) is 2.88. The Hall–Kier alpha value is -1.10. The molecule has 110 valence electrons. The number of aliphatic carboxylic acids is 1. The second-order valence-electron chi connectivity index (χ2n) is 5.32. The van der Waals surface area contributed by atoms with Gasteiger partial charge in [0, 0.05) is 0 Å². The molecule has 0 heterocycles. The van der Waals surface area contributed by atoms with Crippen molar-refractivity contribution in [1.82, 2.24) is 5.32 Å². The molecular formula is C14H25NO4. The van der Waals surface area contributed by atoms with Crippen LogP contribution in [0.4, 0.5) is 0 Å². The van der Waals surface area contributed by atoms with Crippen molar-refractivity contribution >= 4 is 11.9 Å². The van der Waals surface area contributed by atoms with Crippen molar-refractivity contribution in [3.8, 4) is 0 Å². The van der Waals surface area contributed by atoms with E-state index in [-0.39, 0.29) is 25.0 Å². The van der Waals surface area contributed by atoms with E-state index in [2.05, 4.69) is 5.32 Å². The van der Waals surface area contributed by atoms with Gasteiger partial charge in [0.05, 0.1) is 18.1 Å². The van der Waals surface area contributed by atoms with Gasteiger partial charge < -0.3 is 15.2 Å². The van der Waals surface area contributed by atoms with Gasteiger partial charge >= 0.3 is 5.97 Å². The quantitative estimate of drug-likeness (QED) is 0.709. The molecule has 0 radical (unpaired) electrons. The van der Waals surface area contributed by atoms with Crippen molar-refractivity contribution in [2.75, 3.05) is 6.61 Å². The number of carboxylic acid groups (broad SMARTS) is 1. The standard InChI is InChI=1S/C14H25NO4/c1-3-14(4-2,9-13(17)18)15-12(16)10-19-11-7-5-6-8-11/h11H,3-10H2,1-2H3,(H,15,16)(H,17,18). The van der Waals surface area contributed by atoms with Crippen LogP contribution in [-0.4, -0.2) is 35.2 Å². The summed E-state index contributed by atoms with van der Waals surface area (Å²) in [5.74, 6) is -1.10. The summed E-state index contributed by atoms with van der Waals surface area (Å²) in [4.78, 5) is 22.8. The molecule has 0 aromatic heterocycles. The minimum atomic E-state index is -0.888. The third kappa shape index (κ3) is 5.19. The highest BCUT2D eigenvalue weighted by atomic mass is 16.5. The maximum atomic E-state index is 11.9. The zero-order valence-electron chi connectivity index (χ0n) is 11.9. The number of carbonyl (C=O) groups excluding carboxylic acids is 1. The van der Waals surface area contributed by atoms with Crippen LogP contribution in [0.25, 0.3) is 0 Å². The zero-order valence-corrected chi connectivity index (χ0v) is 11.9. The Morgan fingerprint density at radius 1 is 1.26 bits per heavy atom. The minimum Gasteiger partial charge on any atom is -0.481 e. The van der Waals surface area contributed by atoms with E-state index in [0.717, 1.165) is 12.8 Å². The third-order valence-corrected chi connectivity index (χ3v) is 4.00. The van der Waals surface area contributed by atoms with Gasteiger partial charge in [0.15, 0.2) is 0 Å². The van der Waals surface area contributed by atoms with Crippen LogP contribution in [0.2, 0.25) is 0 Å². The van der Waals surface area contributed by atoms with Crippen molar-refractivity contribution in [3.05, 3.63) is 0 Å². The second-order valence-corrected chi connectivity index (χ2v) is 5.32. The van der Waals surface area contributed by atoms with Gasteiger partial charge in [-0.05, 0) is 25.7 Å². The fourth-order valence-corrected chi connectivity index (χ4v) is 2.59. The molecule has 5 heteroatoms. The molecule has 0 spiro atoms. The molecule has 19 heavy (non-hydrogen) atoms. The van der Waals surface area contributed by atoms with Gasteiger partial charge in [0.25, 0.3) is 0 Å². The van der Waals surface area contributed by atoms with E-state index >= 15 is 0 Å². The van der Waals surface area contributed by atoms with Crippen LogP contribution < -0.4 is 5.32 Å². The van der Waals surface area contributed by atoms with E-state index in [1.165, 1.54) is 12.8 Å². The summed E-state index contributed by atoms with van der Waals surface area (Å²) in [6, 6.07) is 0. The molecule has 1 amide bonds. The Balaban J connectivity index is 2.43. The van der Waals surface area contributed by atoms with Crippen LogP contribution in [0.1, 0.15) is 58.8 Å². The number of hydrogen-bond acceptors (Lipinski definition) is 3. The molecule has 1 fully saturated rings. The van der Waals surface area contributed by atoms with Crippen molar-refractivity contribution in [2.24, 2.45) is 0 Å². The van der Waals surface area contributed by atoms with Gasteiger partial charge in [0.1, 0.15) is 6.61 Å². The lowest BCUT2D eigenvalue weighted by Gasteiger charge is -2.31. The largest absolute Gasteiger partial charge is 0.481 e. The highest BCUT2D eigenvalue weighted by Crippen LogP contribution is 2.22. The SMILES string of the molecule is CCC(CC)(CC(=O)O)NC(=O)COC1CCCC1. The molecule has 0 aliphatic heterocycles. The van der Waals surface area contributed by atoms with E-state index < -0.39 is 11.5 Å². The number of hydrogen-bond donors (Lipinski definition) is 2. The number of amides is 1. The van der Waals surface area contributed by atoms with Gasteiger partial charge in [-0.2, -0.15) is 0 Å². The molecule has 1 rings (SSSR count). The molecule has 0 unspecified atom stereocenters. The van der Waals surface area contributed by atoms with Gasteiger partial charge in [-0.25, -0.2) is 0 Å². The normalized spacial score (nSPS) is 16.5. The highest BCUT2D eigenvalue weighted by molar-refractivity contribution is 5.79. The molecule has 5 nitrogen and oxygen atoms in total. The van der Waals surface area contributed by atoms with Crippen LogP contribution in [0.15, 0.2) is 0 Å². The lowest BCUT2D eigenvalue weighted by atomic mass is 9.89. The third-order valence-electron chi connectivity index (χ3n) is 4.00. The summed E-state index contributed by atoms with van der Waals surface area (Å²) in [5.41, 5.74) is -0.651. The first-order valence-electron chi connectivity index (χ1n) is 7.15. The predicted molar refractivity (Wildman–Crippen MR) is 71.9 cm³/mol. The summed E-state index contributed by atoms with van der Waals surface area (Å²) in [6.07, 6.45) is 5.73. The molecule has 0 aromatic rings. The van der Waals surface area contributed by atoms with Gasteiger partial charge in [-0.3, -0.25) is 9.59 Å². The first-order valence-corrected chi connectivity index (χ1v) is 7.15. The molecule has 0 bridgehead atoms. The fraction of sp³-hybridized carbons (Fsp3) is 0.857. The topological polar surface area (TPSA) is 75.6 Å². The van der Waals surface area contributed by atoms with Crippen molar-refractivity contribution in [2.45, 2.75) is 70.4 Å². The van der Waals surface area contributed by atoms with Crippen molar-refractivity contribution in [3.63, 3.8) is 0 Å². The maximum Gasteiger partial charge on any atom is 0.305 e. The molecule has 0 atom stereocenters. The number of carboxylic acids is 1. The van der Waals surface area contributed by atoms with Gasteiger partial charge in [0.2, 0.25) is 5.91 Å². The maximum absolute atomic E-state index is 11.9. The van der Waals surface area contributed by atoms with E-state index in [4.69, 9.17) is 9.84 Å². The smallest absolute Gasteiger partial charge is 0.305 e. The average molecular weight is 271 g/mol. The minimum absolute atomic E-state index is 0.0338. The summed E-state index contributed by atoms with van der Waals surface area (Å²) < 4.78 is 5.55. The Labute approximate surface area is 114 Å². The van der Waals surface area contributed by atoms with Crippen LogP contribution >= 0.6 is 0 Å². The summed E-state index contributed by atoms with van der Waals surface area (Å²) in [6.45, 7) is 3.82. The van der Waals surface area contributed by atoms with E-state index in [1.807, 2.05) is 13.8 Å². The molecule has 0 saturated heterocycles. The molecule has 1 aliphatic carbocycles. The zero-order chi connectivity index (χ0) is 14.3. The van der Waals surface area contributed by atoms with Crippen molar-refractivity contribution < 1.29 is 19.4 Å². The second kappa shape index (κ2) is 7.48. The number of nitrogens with one attached hydrogen (secondary N) is 1. The first kappa shape index (κ1) is 16.0. The van der Waals surface area contributed by atoms with Crippen LogP contribution in [0.3, 0.4) is 0 Å². The monoisotopic (exact) mass is 271 g/mol.